The lowest BCUT2D eigenvalue weighted by Gasteiger charge is -2.14. The van der Waals surface area contributed by atoms with E-state index in [0.717, 1.165) is 16.8 Å². The van der Waals surface area contributed by atoms with E-state index < -0.39 is 0 Å². The first-order valence-electron chi connectivity index (χ1n) is 9.32. The maximum Gasteiger partial charge on any atom is 0.228 e. The topological polar surface area (TPSA) is 85.9 Å². The molecule has 1 amide bonds. The molecule has 0 aliphatic heterocycles. The molecule has 0 unspecified atom stereocenters. The van der Waals surface area contributed by atoms with Crippen LogP contribution in [0.4, 0.5) is 5.69 Å². The summed E-state index contributed by atoms with van der Waals surface area (Å²) < 4.78 is 5.99. The molecule has 0 fully saturated rings. The molecule has 0 saturated heterocycles. The van der Waals surface area contributed by atoms with Crippen molar-refractivity contribution in [1.29, 1.82) is 10.5 Å². The van der Waals surface area contributed by atoms with Crippen LogP contribution in [0.3, 0.4) is 0 Å². The van der Waals surface area contributed by atoms with Crippen LogP contribution < -0.4 is 10.1 Å². The van der Waals surface area contributed by atoms with Gasteiger partial charge in [-0.1, -0.05) is 48.9 Å². The summed E-state index contributed by atoms with van der Waals surface area (Å²) in [6.07, 6.45) is 0.872. The lowest BCUT2D eigenvalue weighted by Crippen LogP contribution is -2.14. The number of hydrogen-bond donors (Lipinski definition) is 1. The van der Waals surface area contributed by atoms with Crippen molar-refractivity contribution in [1.82, 2.24) is 0 Å². The largest absolute Gasteiger partial charge is 0.455 e. The minimum absolute atomic E-state index is 0.144. The molecule has 3 aromatic rings. The van der Waals surface area contributed by atoms with E-state index in [2.05, 4.69) is 5.32 Å². The number of rotatable bonds is 6. The number of nitriles is 2. The number of carbonyl (C=O) groups is 1. The summed E-state index contributed by atoms with van der Waals surface area (Å²) in [6.45, 7) is 1.98. The van der Waals surface area contributed by atoms with Crippen molar-refractivity contribution in [3.05, 3.63) is 87.9 Å². The summed E-state index contributed by atoms with van der Waals surface area (Å²) in [5, 5.41) is 21.5. The molecular formula is C24H18ClN3O2. The first-order valence-corrected chi connectivity index (χ1v) is 9.70. The van der Waals surface area contributed by atoms with Crippen LogP contribution in [-0.2, 0) is 17.6 Å². The van der Waals surface area contributed by atoms with Crippen molar-refractivity contribution < 1.29 is 9.53 Å². The van der Waals surface area contributed by atoms with Gasteiger partial charge in [0, 0.05) is 11.8 Å². The number of aryl methyl sites for hydroxylation is 1. The molecule has 0 atom stereocenters. The van der Waals surface area contributed by atoms with Crippen LogP contribution in [0.2, 0.25) is 5.02 Å². The van der Waals surface area contributed by atoms with E-state index in [1.54, 1.807) is 6.07 Å². The first kappa shape index (κ1) is 20.9. The molecule has 0 aromatic heterocycles. The van der Waals surface area contributed by atoms with Crippen molar-refractivity contribution in [2.24, 2.45) is 0 Å². The summed E-state index contributed by atoms with van der Waals surface area (Å²) in [7, 11) is 0. The average Bonchev–Trinajstić information content (AvgIpc) is 2.76. The molecule has 0 aliphatic rings. The van der Waals surface area contributed by atoms with Gasteiger partial charge >= 0.3 is 0 Å². The van der Waals surface area contributed by atoms with Gasteiger partial charge in [-0.3, -0.25) is 4.79 Å². The Morgan fingerprint density at radius 3 is 2.47 bits per heavy atom. The van der Waals surface area contributed by atoms with Gasteiger partial charge in [0.15, 0.2) is 0 Å². The number of halogens is 1. The number of carbonyl (C=O) groups excluding carboxylic acids is 1. The van der Waals surface area contributed by atoms with Crippen LogP contribution in [-0.4, -0.2) is 5.91 Å². The van der Waals surface area contributed by atoms with Gasteiger partial charge in [-0.05, 0) is 41.8 Å². The van der Waals surface area contributed by atoms with Gasteiger partial charge in [0.25, 0.3) is 0 Å². The summed E-state index contributed by atoms with van der Waals surface area (Å²) in [5.74, 6) is 0.615. The molecule has 0 saturated carbocycles. The van der Waals surface area contributed by atoms with Crippen molar-refractivity contribution in [3.8, 4) is 23.6 Å². The van der Waals surface area contributed by atoms with E-state index in [1.165, 1.54) is 12.1 Å². The lowest BCUT2D eigenvalue weighted by molar-refractivity contribution is -0.115. The number of ether oxygens (including phenoxy) is 1. The van der Waals surface area contributed by atoms with E-state index in [9.17, 15) is 15.3 Å². The molecule has 5 nitrogen and oxygen atoms in total. The molecule has 30 heavy (non-hydrogen) atoms. The molecule has 0 bridgehead atoms. The van der Waals surface area contributed by atoms with Gasteiger partial charge in [0.05, 0.1) is 23.6 Å². The maximum absolute atomic E-state index is 12.4. The zero-order valence-electron chi connectivity index (χ0n) is 16.3. The molecule has 3 aromatic carbocycles. The summed E-state index contributed by atoms with van der Waals surface area (Å²) in [5.41, 5.74) is 2.86. The average molecular weight is 416 g/mol. The van der Waals surface area contributed by atoms with E-state index in [0.29, 0.717) is 12.2 Å². The fourth-order valence-electron chi connectivity index (χ4n) is 2.94. The normalized spacial score (nSPS) is 10.0. The number of para-hydroxylation sites is 1. The Labute approximate surface area is 180 Å². The highest BCUT2D eigenvalue weighted by atomic mass is 35.5. The third kappa shape index (κ3) is 4.97. The Balaban J connectivity index is 1.86. The summed E-state index contributed by atoms with van der Waals surface area (Å²) >= 11 is 6.28. The second kappa shape index (κ2) is 9.60. The van der Waals surface area contributed by atoms with Crippen LogP contribution >= 0.6 is 11.6 Å². The summed E-state index contributed by atoms with van der Waals surface area (Å²) in [4.78, 5) is 12.4. The van der Waals surface area contributed by atoms with Gasteiger partial charge in [0.2, 0.25) is 5.91 Å². The van der Waals surface area contributed by atoms with Crippen LogP contribution in [0.25, 0.3) is 0 Å². The molecule has 0 heterocycles. The van der Waals surface area contributed by atoms with Gasteiger partial charge in [-0.2, -0.15) is 10.5 Å². The highest BCUT2D eigenvalue weighted by Crippen LogP contribution is 2.35. The standard InChI is InChI=1S/C24H18ClN3O2/c1-2-18-9-8-16(13-23(29)28-20-6-4-3-5-7-20)11-21(18)30-22-12-17(14-26)10-19(15-27)24(22)25/h3-12H,2,13H2,1H3,(H,28,29). The monoisotopic (exact) mass is 415 g/mol. The quantitative estimate of drug-likeness (QED) is 0.566. The van der Waals surface area contributed by atoms with Crippen molar-refractivity contribution in [2.45, 2.75) is 19.8 Å². The zero-order valence-corrected chi connectivity index (χ0v) is 17.0. The molecule has 148 valence electrons. The highest BCUT2D eigenvalue weighted by Gasteiger charge is 2.14. The highest BCUT2D eigenvalue weighted by molar-refractivity contribution is 6.33. The minimum Gasteiger partial charge on any atom is -0.455 e. The SMILES string of the molecule is CCc1ccc(CC(=O)Nc2ccccc2)cc1Oc1cc(C#N)cc(C#N)c1Cl. The zero-order chi connectivity index (χ0) is 21.5. The number of anilines is 1. The Kier molecular flexibility index (Phi) is 6.70. The van der Waals surface area contributed by atoms with E-state index in [4.69, 9.17) is 16.3 Å². The summed E-state index contributed by atoms with van der Waals surface area (Å²) in [6, 6.07) is 21.7. The van der Waals surface area contributed by atoms with E-state index in [1.807, 2.05) is 61.5 Å². The number of amides is 1. The Morgan fingerprint density at radius 1 is 1.03 bits per heavy atom. The van der Waals surface area contributed by atoms with E-state index in [-0.39, 0.29) is 34.2 Å². The minimum atomic E-state index is -0.146. The fourth-order valence-corrected chi connectivity index (χ4v) is 3.13. The van der Waals surface area contributed by atoms with Crippen molar-refractivity contribution in [2.75, 3.05) is 5.32 Å². The maximum atomic E-state index is 12.4. The molecule has 6 heteroatoms. The molecule has 3 rings (SSSR count). The molecular weight excluding hydrogens is 398 g/mol. The van der Waals surface area contributed by atoms with Crippen LogP contribution in [0, 0.1) is 22.7 Å². The second-order valence-corrected chi connectivity index (χ2v) is 6.93. The Bertz CT molecular complexity index is 1160. The molecule has 0 spiro atoms. The van der Waals surface area contributed by atoms with Gasteiger partial charge in [0.1, 0.15) is 22.6 Å². The van der Waals surface area contributed by atoms with Gasteiger partial charge < -0.3 is 10.1 Å². The predicted molar refractivity (Wildman–Crippen MR) is 116 cm³/mol. The number of nitrogens with one attached hydrogen (secondary N) is 1. The van der Waals surface area contributed by atoms with Crippen LogP contribution in [0.1, 0.15) is 29.2 Å². The molecule has 0 aliphatic carbocycles. The molecule has 0 radical (unpaired) electrons. The third-order valence-electron chi connectivity index (χ3n) is 4.44. The van der Waals surface area contributed by atoms with Crippen LogP contribution in [0.5, 0.6) is 11.5 Å². The Morgan fingerprint density at radius 2 is 1.80 bits per heavy atom. The lowest BCUT2D eigenvalue weighted by atomic mass is 10.1. The van der Waals surface area contributed by atoms with Gasteiger partial charge in [-0.15, -0.1) is 0 Å². The number of hydrogen-bond acceptors (Lipinski definition) is 4. The fraction of sp³-hybridized carbons (Fsp3) is 0.125. The molecule has 1 N–H and O–H groups in total. The predicted octanol–water partition coefficient (Wildman–Crippen LogP) is 5.62. The Hall–Kier alpha value is -3.80. The van der Waals surface area contributed by atoms with Crippen molar-refractivity contribution in [3.63, 3.8) is 0 Å². The smallest absolute Gasteiger partial charge is 0.228 e. The number of benzene rings is 3. The number of nitrogens with zero attached hydrogens (tertiary/aromatic N) is 2. The van der Waals surface area contributed by atoms with Crippen LogP contribution in [0.15, 0.2) is 60.7 Å². The second-order valence-electron chi connectivity index (χ2n) is 6.55. The van der Waals surface area contributed by atoms with Crippen molar-refractivity contribution >= 4 is 23.2 Å². The van der Waals surface area contributed by atoms with E-state index >= 15 is 0 Å². The van der Waals surface area contributed by atoms with Gasteiger partial charge in [-0.25, -0.2) is 0 Å². The third-order valence-corrected chi connectivity index (χ3v) is 4.83. The first-order chi connectivity index (χ1) is 14.5.